The first kappa shape index (κ1) is 20.2. The van der Waals surface area contributed by atoms with Gasteiger partial charge in [-0.1, -0.05) is 18.2 Å². The number of carboxylic acid groups (broad SMARTS) is 1. The summed E-state index contributed by atoms with van der Waals surface area (Å²) < 4.78 is 5.04. The Kier molecular flexibility index (Phi) is 6.33. The van der Waals surface area contributed by atoms with E-state index in [1.54, 1.807) is 23.1 Å². The molecule has 0 saturated carbocycles. The quantitative estimate of drug-likeness (QED) is 0.718. The molecule has 1 atom stereocenters. The summed E-state index contributed by atoms with van der Waals surface area (Å²) in [6.07, 6.45) is 1.31. The molecule has 152 valence electrons. The maximum absolute atomic E-state index is 12.7. The molecule has 3 rings (SSSR count). The second kappa shape index (κ2) is 9.09. The van der Waals surface area contributed by atoms with Crippen LogP contribution in [0, 0.1) is 5.92 Å². The van der Waals surface area contributed by atoms with Gasteiger partial charge in [0, 0.05) is 18.8 Å². The number of carbonyl (C=O) groups is 3. The molecule has 1 unspecified atom stereocenters. The minimum atomic E-state index is -1.16. The van der Waals surface area contributed by atoms with Crippen molar-refractivity contribution in [3.8, 4) is 5.75 Å². The van der Waals surface area contributed by atoms with Crippen LogP contribution < -0.4 is 15.4 Å². The van der Waals surface area contributed by atoms with Gasteiger partial charge in [0.25, 0.3) is 0 Å². The Morgan fingerprint density at radius 1 is 1.10 bits per heavy atom. The Labute approximate surface area is 168 Å². The Morgan fingerprint density at radius 2 is 1.86 bits per heavy atom. The monoisotopic (exact) mass is 397 g/mol. The van der Waals surface area contributed by atoms with Crippen molar-refractivity contribution in [2.24, 2.45) is 5.92 Å². The van der Waals surface area contributed by atoms with E-state index < -0.39 is 11.9 Å². The van der Waals surface area contributed by atoms with Crippen LogP contribution in [-0.4, -0.2) is 48.1 Å². The SMILES string of the molecule is COc1ccc(NC(=O)C2CCCN(C(=O)Nc3ccccc3)C2)c(C(=O)O)c1. The normalized spacial score (nSPS) is 16.0. The number of para-hydroxylation sites is 1. The highest BCUT2D eigenvalue weighted by atomic mass is 16.5. The standard InChI is InChI=1S/C21H23N3O5/c1-29-16-9-10-18(17(12-16)20(26)27)23-19(25)14-6-5-11-24(13-14)21(28)22-15-7-3-2-4-8-15/h2-4,7-10,12,14H,5-6,11,13H2,1H3,(H,22,28)(H,23,25)(H,26,27). The van der Waals surface area contributed by atoms with Crippen LogP contribution in [0.5, 0.6) is 5.75 Å². The number of amides is 3. The number of hydrogen-bond donors (Lipinski definition) is 3. The summed E-state index contributed by atoms with van der Waals surface area (Å²) in [5, 5.41) is 14.9. The van der Waals surface area contributed by atoms with Crippen LogP contribution in [0.3, 0.4) is 0 Å². The summed E-state index contributed by atoms with van der Waals surface area (Å²) in [5.74, 6) is -1.50. The van der Waals surface area contributed by atoms with Crippen LogP contribution in [0.1, 0.15) is 23.2 Å². The predicted octanol–water partition coefficient (Wildman–Crippen LogP) is 3.28. The van der Waals surface area contributed by atoms with Crippen molar-refractivity contribution < 1.29 is 24.2 Å². The number of aromatic carboxylic acids is 1. The number of anilines is 2. The molecule has 0 bridgehead atoms. The topological polar surface area (TPSA) is 108 Å². The van der Waals surface area contributed by atoms with E-state index >= 15 is 0 Å². The Bertz CT molecular complexity index is 900. The van der Waals surface area contributed by atoms with Gasteiger partial charge in [-0.25, -0.2) is 9.59 Å². The molecular weight excluding hydrogens is 374 g/mol. The largest absolute Gasteiger partial charge is 0.497 e. The van der Waals surface area contributed by atoms with Gasteiger partial charge in [-0.2, -0.15) is 0 Å². The highest BCUT2D eigenvalue weighted by Gasteiger charge is 2.29. The molecule has 3 amide bonds. The zero-order valence-electron chi connectivity index (χ0n) is 16.1. The minimum Gasteiger partial charge on any atom is -0.497 e. The summed E-state index contributed by atoms with van der Waals surface area (Å²) in [4.78, 5) is 38.3. The summed E-state index contributed by atoms with van der Waals surface area (Å²) in [6, 6.07) is 13.3. The zero-order chi connectivity index (χ0) is 20.8. The molecule has 8 heteroatoms. The molecular formula is C21H23N3O5. The molecule has 0 spiro atoms. The Morgan fingerprint density at radius 3 is 2.55 bits per heavy atom. The fourth-order valence-electron chi connectivity index (χ4n) is 3.27. The van der Waals surface area contributed by atoms with Crippen molar-refractivity contribution in [2.75, 3.05) is 30.8 Å². The van der Waals surface area contributed by atoms with Crippen molar-refractivity contribution in [1.82, 2.24) is 4.90 Å². The van der Waals surface area contributed by atoms with E-state index in [2.05, 4.69) is 10.6 Å². The number of benzene rings is 2. The van der Waals surface area contributed by atoms with Gasteiger partial charge in [-0.05, 0) is 43.2 Å². The van der Waals surface area contributed by atoms with Crippen LogP contribution in [0.25, 0.3) is 0 Å². The van der Waals surface area contributed by atoms with E-state index in [9.17, 15) is 19.5 Å². The molecule has 0 radical (unpaired) electrons. The van der Waals surface area contributed by atoms with Crippen molar-refractivity contribution in [1.29, 1.82) is 0 Å². The fourth-order valence-corrected chi connectivity index (χ4v) is 3.27. The van der Waals surface area contributed by atoms with Crippen LogP contribution in [0.2, 0.25) is 0 Å². The van der Waals surface area contributed by atoms with E-state index in [1.165, 1.54) is 19.2 Å². The lowest BCUT2D eigenvalue weighted by molar-refractivity contribution is -0.121. The first-order valence-electron chi connectivity index (χ1n) is 9.31. The third-order valence-electron chi connectivity index (χ3n) is 4.82. The first-order valence-corrected chi connectivity index (χ1v) is 9.31. The molecule has 1 fully saturated rings. The lowest BCUT2D eigenvalue weighted by Crippen LogP contribution is -2.45. The Balaban J connectivity index is 1.65. The summed E-state index contributed by atoms with van der Waals surface area (Å²) >= 11 is 0. The summed E-state index contributed by atoms with van der Waals surface area (Å²) in [6.45, 7) is 0.828. The third kappa shape index (κ3) is 5.04. The van der Waals surface area contributed by atoms with E-state index in [4.69, 9.17) is 4.74 Å². The van der Waals surface area contributed by atoms with Gasteiger partial charge in [0.05, 0.1) is 24.3 Å². The highest BCUT2D eigenvalue weighted by molar-refractivity contribution is 6.01. The number of methoxy groups -OCH3 is 1. The van der Waals surface area contributed by atoms with E-state index in [1.807, 2.05) is 18.2 Å². The molecule has 2 aromatic rings. The second-order valence-electron chi connectivity index (χ2n) is 6.79. The van der Waals surface area contributed by atoms with E-state index in [-0.39, 0.29) is 29.7 Å². The molecule has 1 aliphatic rings. The van der Waals surface area contributed by atoms with Crippen LogP contribution in [0.15, 0.2) is 48.5 Å². The average molecular weight is 397 g/mol. The average Bonchev–Trinajstić information content (AvgIpc) is 2.74. The molecule has 1 saturated heterocycles. The van der Waals surface area contributed by atoms with Crippen molar-refractivity contribution in [3.05, 3.63) is 54.1 Å². The number of nitrogens with zero attached hydrogens (tertiary/aromatic N) is 1. The lowest BCUT2D eigenvalue weighted by atomic mass is 9.97. The van der Waals surface area contributed by atoms with Gasteiger partial charge in [-0.15, -0.1) is 0 Å². The molecule has 29 heavy (non-hydrogen) atoms. The number of likely N-dealkylation sites (tertiary alicyclic amines) is 1. The highest BCUT2D eigenvalue weighted by Crippen LogP contribution is 2.25. The van der Waals surface area contributed by atoms with E-state index in [0.717, 1.165) is 0 Å². The number of ether oxygens (including phenoxy) is 1. The summed E-state index contributed by atoms with van der Waals surface area (Å²) in [7, 11) is 1.44. The number of carboxylic acids is 1. The summed E-state index contributed by atoms with van der Waals surface area (Å²) in [5.41, 5.74) is 0.842. The molecule has 8 nitrogen and oxygen atoms in total. The number of nitrogens with one attached hydrogen (secondary N) is 2. The zero-order valence-corrected chi connectivity index (χ0v) is 16.1. The van der Waals surface area contributed by atoms with Crippen LogP contribution in [-0.2, 0) is 4.79 Å². The van der Waals surface area contributed by atoms with Gasteiger partial charge in [0.2, 0.25) is 5.91 Å². The molecule has 3 N–H and O–H groups in total. The maximum Gasteiger partial charge on any atom is 0.337 e. The second-order valence-corrected chi connectivity index (χ2v) is 6.79. The molecule has 2 aromatic carbocycles. The number of carbonyl (C=O) groups excluding carboxylic acids is 2. The van der Waals surface area contributed by atoms with E-state index in [0.29, 0.717) is 30.8 Å². The van der Waals surface area contributed by atoms with Crippen molar-refractivity contribution >= 4 is 29.3 Å². The minimum absolute atomic E-state index is 0.0489. The van der Waals surface area contributed by atoms with Gasteiger partial charge in [-0.3, -0.25) is 4.79 Å². The van der Waals surface area contributed by atoms with Gasteiger partial charge >= 0.3 is 12.0 Å². The van der Waals surface area contributed by atoms with Crippen LogP contribution in [0.4, 0.5) is 16.2 Å². The van der Waals surface area contributed by atoms with Gasteiger partial charge in [0.1, 0.15) is 5.75 Å². The number of piperidine rings is 1. The number of hydrogen-bond acceptors (Lipinski definition) is 4. The fraction of sp³-hybridized carbons (Fsp3) is 0.286. The third-order valence-corrected chi connectivity index (χ3v) is 4.82. The lowest BCUT2D eigenvalue weighted by Gasteiger charge is -2.32. The molecule has 1 heterocycles. The molecule has 0 aliphatic carbocycles. The number of urea groups is 1. The smallest absolute Gasteiger partial charge is 0.337 e. The van der Waals surface area contributed by atoms with Crippen molar-refractivity contribution in [3.63, 3.8) is 0 Å². The van der Waals surface area contributed by atoms with Gasteiger partial charge in [0.15, 0.2) is 0 Å². The predicted molar refractivity (Wildman–Crippen MR) is 108 cm³/mol. The number of rotatable bonds is 5. The first-order chi connectivity index (χ1) is 14.0. The molecule has 1 aliphatic heterocycles. The van der Waals surface area contributed by atoms with Crippen molar-refractivity contribution in [2.45, 2.75) is 12.8 Å². The van der Waals surface area contributed by atoms with Gasteiger partial charge < -0.3 is 25.4 Å². The maximum atomic E-state index is 12.7. The Hall–Kier alpha value is -3.55. The molecule has 0 aromatic heterocycles. The van der Waals surface area contributed by atoms with Crippen LogP contribution >= 0.6 is 0 Å².